The number of aromatic nitrogens is 3. The van der Waals surface area contributed by atoms with Gasteiger partial charge in [0.2, 0.25) is 0 Å². The van der Waals surface area contributed by atoms with Gasteiger partial charge in [0.05, 0.1) is 0 Å². The Morgan fingerprint density at radius 2 is 2.00 bits per heavy atom. The highest BCUT2D eigenvalue weighted by molar-refractivity contribution is 9.10. The van der Waals surface area contributed by atoms with Crippen LogP contribution in [-0.4, -0.2) is 14.6 Å². The summed E-state index contributed by atoms with van der Waals surface area (Å²) < 4.78 is 15.9. The molecule has 0 fully saturated rings. The lowest BCUT2D eigenvalue weighted by atomic mass is 10.1. The molecular formula is C12H8BrFN4. The average molecular weight is 307 g/mol. The molecule has 3 rings (SSSR count). The second-order valence-electron chi connectivity index (χ2n) is 3.83. The quantitative estimate of drug-likeness (QED) is 0.703. The van der Waals surface area contributed by atoms with E-state index < -0.39 is 0 Å². The van der Waals surface area contributed by atoms with E-state index in [1.807, 2.05) is 18.3 Å². The third kappa shape index (κ3) is 1.74. The number of nitrogens with zero attached hydrogens (tertiary/aromatic N) is 3. The fourth-order valence-corrected chi connectivity index (χ4v) is 2.11. The molecule has 18 heavy (non-hydrogen) atoms. The molecule has 0 amide bonds. The van der Waals surface area contributed by atoms with Crippen molar-refractivity contribution in [1.82, 2.24) is 14.6 Å². The van der Waals surface area contributed by atoms with E-state index >= 15 is 0 Å². The Kier molecular flexibility index (Phi) is 2.52. The maximum absolute atomic E-state index is 13.3. The van der Waals surface area contributed by atoms with Crippen molar-refractivity contribution in [3.63, 3.8) is 0 Å². The number of pyridine rings is 1. The van der Waals surface area contributed by atoms with E-state index in [0.717, 1.165) is 4.47 Å². The SMILES string of the molecule is Nc1ccc(F)cc1-c1nnc2ccc(Br)cn12. The molecule has 3 aromatic rings. The van der Waals surface area contributed by atoms with Crippen LogP contribution < -0.4 is 5.73 Å². The number of fused-ring (bicyclic) bond motifs is 1. The lowest BCUT2D eigenvalue weighted by Crippen LogP contribution is -1.95. The monoisotopic (exact) mass is 306 g/mol. The summed E-state index contributed by atoms with van der Waals surface area (Å²) in [7, 11) is 0. The van der Waals surface area contributed by atoms with Crippen LogP contribution in [0.1, 0.15) is 0 Å². The predicted molar refractivity (Wildman–Crippen MR) is 70.5 cm³/mol. The first-order chi connectivity index (χ1) is 8.65. The van der Waals surface area contributed by atoms with Gasteiger partial charge in [-0.05, 0) is 46.3 Å². The van der Waals surface area contributed by atoms with E-state index in [1.165, 1.54) is 18.2 Å². The summed E-state index contributed by atoms with van der Waals surface area (Å²) in [4.78, 5) is 0. The van der Waals surface area contributed by atoms with Crippen molar-refractivity contribution in [1.29, 1.82) is 0 Å². The van der Waals surface area contributed by atoms with Gasteiger partial charge < -0.3 is 5.73 Å². The highest BCUT2D eigenvalue weighted by Crippen LogP contribution is 2.26. The molecule has 0 saturated carbocycles. The third-order valence-corrected chi connectivity index (χ3v) is 3.09. The van der Waals surface area contributed by atoms with Crippen LogP contribution in [0.5, 0.6) is 0 Å². The molecule has 0 unspecified atom stereocenters. The molecule has 0 aliphatic carbocycles. The molecule has 0 saturated heterocycles. The van der Waals surface area contributed by atoms with Crippen LogP contribution in [-0.2, 0) is 0 Å². The lowest BCUT2D eigenvalue weighted by Gasteiger charge is -2.04. The maximum Gasteiger partial charge on any atom is 0.170 e. The maximum atomic E-state index is 13.3. The van der Waals surface area contributed by atoms with E-state index in [9.17, 15) is 4.39 Å². The molecule has 0 bridgehead atoms. The third-order valence-electron chi connectivity index (χ3n) is 2.62. The Morgan fingerprint density at radius 1 is 1.17 bits per heavy atom. The Hall–Kier alpha value is -1.95. The fraction of sp³-hybridized carbons (Fsp3) is 0. The normalized spacial score (nSPS) is 11.0. The molecule has 6 heteroatoms. The second kappa shape index (κ2) is 4.06. The second-order valence-corrected chi connectivity index (χ2v) is 4.75. The lowest BCUT2D eigenvalue weighted by molar-refractivity contribution is 0.628. The van der Waals surface area contributed by atoms with Crippen molar-refractivity contribution in [2.45, 2.75) is 0 Å². The Morgan fingerprint density at radius 3 is 2.83 bits per heavy atom. The van der Waals surface area contributed by atoms with Gasteiger partial charge in [-0.1, -0.05) is 0 Å². The van der Waals surface area contributed by atoms with Gasteiger partial charge in [-0.15, -0.1) is 10.2 Å². The first-order valence-corrected chi connectivity index (χ1v) is 6.00. The molecule has 0 atom stereocenters. The van der Waals surface area contributed by atoms with Crippen molar-refractivity contribution < 1.29 is 4.39 Å². The zero-order valence-electron chi connectivity index (χ0n) is 9.14. The smallest absolute Gasteiger partial charge is 0.170 e. The molecule has 2 heterocycles. The zero-order chi connectivity index (χ0) is 12.7. The molecule has 1 aromatic carbocycles. The minimum absolute atomic E-state index is 0.356. The Labute approximate surface area is 110 Å². The van der Waals surface area contributed by atoms with Crippen LogP contribution in [0.25, 0.3) is 17.0 Å². The topological polar surface area (TPSA) is 56.2 Å². The highest BCUT2D eigenvalue weighted by atomic mass is 79.9. The van der Waals surface area contributed by atoms with Gasteiger partial charge in [0, 0.05) is 21.9 Å². The summed E-state index contributed by atoms with van der Waals surface area (Å²) >= 11 is 3.38. The molecule has 90 valence electrons. The summed E-state index contributed by atoms with van der Waals surface area (Å²) in [6.07, 6.45) is 1.81. The van der Waals surface area contributed by atoms with Crippen molar-refractivity contribution in [2.75, 3.05) is 5.73 Å². The van der Waals surface area contributed by atoms with Gasteiger partial charge in [0.15, 0.2) is 11.5 Å². The van der Waals surface area contributed by atoms with Crippen LogP contribution in [0.15, 0.2) is 41.0 Å². The molecule has 0 aliphatic rings. The summed E-state index contributed by atoms with van der Waals surface area (Å²) in [6, 6.07) is 7.87. The molecule has 2 aromatic heterocycles. The number of anilines is 1. The number of halogens is 2. The van der Waals surface area contributed by atoms with Gasteiger partial charge in [-0.3, -0.25) is 4.40 Å². The minimum Gasteiger partial charge on any atom is -0.398 e. The van der Waals surface area contributed by atoms with Crippen LogP contribution in [0.4, 0.5) is 10.1 Å². The van der Waals surface area contributed by atoms with Gasteiger partial charge >= 0.3 is 0 Å². The minimum atomic E-state index is -0.356. The van der Waals surface area contributed by atoms with Crippen LogP contribution in [0, 0.1) is 5.82 Å². The molecule has 0 aliphatic heterocycles. The number of rotatable bonds is 1. The summed E-state index contributed by atoms with van der Waals surface area (Å²) in [5, 5.41) is 8.08. The van der Waals surface area contributed by atoms with E-state index in [1.54, 1.807) is 4.40 Å². The number of benzene rings is 1. The highest BCUT2D eigenvalue weighted by Gasteiger charge is 2.12. The molecule has 4 nitrogen and oxygen atoms in total. The summed E-state index contributed by atoms with van der Waals surface area (Å²) in [6.45, 7) is 0. The predicted octanol–water partition coefficient (Wildman–Crippen LogP) is 2.88. The van der Waals surface area contributed by atoms with Crippen molar-refractivity contribution in [2.24, 2.45) is 0 Å². The number of hydrogen-bond acceptors (Lipinski definition) is 3. The van der Waals surface area contributed by atoms with Crippen molar-refractivity contribution >= 4 is 27.3 Å². The standard InChI is InChI=1S/C12H8BrFN4/c13-7-1-4-11-16-17-12(18(11)6-7)9-5-8(14)2-3-10(9)15/h1-6H,15H2. The molecule has 2 N–H and O–H groups in total. The first kappa shape index (κ1) is 11.2. The Balaban J connectivity index is 2.31. The van der Waals surface area contributed by atoms with Crippen LogP contribution >= 0.6 is 15.9 Å². The van der Waals surface area contributed by atoms with Crippen molar-refractivity contribution in [3.8, 4) is 11.4 Å². The van der Waals surface area contributed by atoms with E-state index in [0.29, 0.717) is 22.7 Å². The fourth-order valence-electron chi connectivity index (χ4n) is 1.77. The zero-order valence-corrected chi connectivity index (χ0v) is 10.7. The Bertz CT molecular complexity index is 738. The van der Waals surface area contributed by atoms with Gasteiger partial charge in [0.1, 0.15) is 5.82 Å². The van der Waals surface area contributed by atoms with Crippen molar-refractivity contribution in [3.05, 3.63) is 46.8 Å². The number of hydrogen-bond donors (Lipinski definition) is 1. The number of nitrogen functional groups attached to an aromatic ring is 1. The van der Waals surface area contributed by atoms with Gasteiger partial charge in [0.25, 0.3) is 0 Å². The molecule has 0 spiro atoms. The van der Waals surface area contributed by atoms with E-state index in [4.69, 9.17) is 5.73 Å². The van der Waals surface area contributed by atoms with Crippen LogP contribution in [0.3, 0.4) is 0 Å². The molecule has 0 radical (unpaired) electrons. The largest absolute Gasteiger partial charge is 0.398 e. The van der Waals surface area contributed by atoms with E-state index in [-0.39, 0.29) is 5.82 Å². The summed E-state index contributed by atoms with van der Waals surface area (Å²) in [5.41, 5.74) is 7.52. The average Bonchev–Trinajstić information content (AvgIpc) is 2.75. The summed E-state index contributed by atoms with van der Waals surface area (Å²) in [5.74, 6) is 0.161. The van der Waals surface area contributed by atoms with Gasteiger partial charge in [-0.25, -0.2) is 4.39 Å². The van der Waals surface area contributed by atoms with E-state index in [2.05, 4.69) is 26.1 Å². The van der Waals surface area contributed by atoms with Crippen LogP contribution in [0.2, 0.25) is 0 Å². The number of nitrogens with two attached hydrogens (primary N) is 1. The van der Waals surface area contributed by atoms with Gasteiger partial charge in [-0.2, -0.15) is 0 Å². The first-order valence-electron chi connectivity index (χ1n) is 5.21. The molecular weight excluding hydrogens is 299 g/mol.